The van der Waals surface area contributed by atoms with Crippen LogP contribution in [0.2, 0.25) is 0 Å². The molecule has 0 bridgehead atoms. The van der Waals surface area contributed by atoms with E-state index in [1.165, 1.54) is 70.6 Å². The zero-order valence-electron chi connectivity index (χ0n) is 20.1. The number of rotatable bonds is 16. The third kappa shape index (κ3) is 8.91. The van der Waals surface area contributed by atoms with Gasteiger partial charge in [0, 0.05) is 16.8 Å². The number of nitrogens with two attached hydrogens (primary N) is 1. The Balaban J connectivity index is 1.27. The first-order valence-corrected chi connectivity index (χ1v) is 12.7. The minimum Gasteiger partial charge on any atom is -0.494 e. The molecule has 0 saturated heterocycles. The summed E-state index contributed by atoms with van der Waals surface area (Å²) in [6, 6.07) is 15.2. The van der Waals surface area contributed by atoms with Crippen LogP contribution in [0.5, 0.6) is 5.75 Å². The van der Waals surface area contributed by atoms with Crippen LogP contribution in [0.25, 0.3) is 22.9 Å². The van der Waals surface area contributed by atoms with Gasteiger partial charge in [-0.05, 0) is 55.0 Å². The first-order valence-electron chi connectivity index (χ1n) is 12.7. The number of nitrogens with zero attached hydrogens (tertiary/aromatic N) is 2. The van der Waals surface area contributed by atoms with Gasteiger partial charge >= 0.3 is 0 Å². The van der Waals surface area contributed by atoms with Crippen LogP contribution in [0.1, 0.15) is 84.0 Å². The van der Waals surface area contributed by atoms with Gasteiger partial charge in [0.05, 0.1) is 6.61 Å². The van der Waals surface area contributed by atoms with E-state index in [0.717, 1.165) is 29.9 Å². The summed E-state index contributed by atoms with van der Waals surface area (Å²) in [5, 5.41) is 8.31. The number of benzene rings is 2. The van der Waals surface area contributed by atoms with Gasteiger partial charge in [-0.15, -0.1) is 10.2 Å². The number of aromatic nitrogens is 2. The molecular formula is C28H39N3O2. The highest BCUT2D eigenvalue weighted by atomic mass is 16.5. The summed E-state index contributed by atoms with van der Waals surface area (Å²) in [6.45, 7) is 3.04. The number of hydrogen-bond acceptors (Lipinski definition) is 5. The Morgan fingerprint density at radius 2 is 1.09 bits per heavy atom. The molecule has 5 nitrogen and oxygen atoms in total. The molecule has 3 aromatic rings. The molecule has 1 heterocycles. The Morgan fingerprint density at radius 3 is 1.61 bits per heavy atom. The summed E-state index contributed by atoms with van der Waals surface area (Å²) < 4.78 is 11.7. The fourth-order valence-electron chi connectivity index (χ4n) is 3.91. The van der Waals surface area contributed by atoms with Gasteiger partial charge in [-0.2, -0.15) is 0 Å². The van der Waals surface area contributed by atoms with E-state index < -0.39 is 0 Å². The first kappa shape index (κ1) is 24.8. The molecule has 0 spiro atoms. The molecule has 0 aliphatic heterocycles. The zero-order chi connectivity index (χ0) is 23.1. The molecule has 0 amide bonds. The number of anilines is 1. The number of ether oxygens (including phenoxy) is 1. The molecule has 33 heavy (non-hydrogen) atoms. The molecule has 0 fully saturated rings. The standard InChI is InChI=1S/C28H39N3O2/c1-2-3-4-5-6-7-8-9-10-11-12-13-22-32-26-20-16-24(17-21-26)28-31-30-27(33-28)23-14-18-25(29)19-15-23/h14-21H,2-13,22,29H2,1H3. The average molecular weight is 450 g/mol. The van der Waals surface area contributed by atoms with Gasteiger partial charge in [0.15, 0.2) is 0 Å². The van der Waals surface area contributed by atoms with E-state index in [1.807, 2.05) is 48.5 Å². The Bertz CT molecular complexity index is 904. The van der Waals surface area contributed by atoms with Crippen LogP contribution < -0.4 is 10.5 Å². The first-order chi connectivity index (χ1) is 16.3. The molecule has 2 aromatic carbocycles. The number of unbranched alkanes of at least 4 members (excludes halogenated alkanes) is 11. The summed E-state index contributed by atoms with van der Waals surface area (Å²) in [7, 11) is 0. The van der Waals surface area contributed by atoms with Gasteiger partial charge in [-0.3, -0.25) is 0 Å². The summed E-state index contributed by atoms with van der Waals surface area (Å²) in [5.74, 6) is 1.85. The Labute approximate surface area is 198 Å². The fraction of sp³-hybridized carbons (Fsp3) is 0.500. The molecule has 0 radical (unpaired) electrons. The number of hydrogen-bond donors (Lipinski definition) is 1. The highest BCUT2D eigenvalue weighted by Gasteiger charge is 2.10. The maximum Gasteiger partial charge on any atom is 0.248 e. The van der Waals surface area contributed by atoms with E-state index in [9.17, 15) is 0 Å². The summed E-state index contributed by atoms with van der Waals surface area (Å²) in [5.41, 5.74) is 8.17. The van der Waals surface area contributed by atoms with Gasteiger partial charge in [-0.1, -0.05) is 77.6 Å². The van der Waals surface area contributed by atoms with Crippen molar-refractivity contribution in [2.24, 2.45) is 0 Å². The van der Waals surface area contributed by atoms with Crippen LogP contribution in [-0.2, 0) is 0 Å². The fourth-order valence-corrected chi connectivity index (χ4v) is 3.91. The maximum absolute atomic E-state index is 5.90. The smallest absolute Gasteiger partial charge is 0.248 e. The molecule has 0 unspecified atom stereocenters. The predicted molar refractivity (Wildman–Crippen MR) is 136 cm³/mol. The van der Waals surface area contributed by atoms with Crippen molar-refractivity contribution in [3.63, 3.8) is 0 Å². The van der Waals surface area contributed by atoms with Crippen LogP contribution in [0.4, 0.5) is 5.69 Å². The molecule has 1 aromatic heterocycles. The van der Waals surface area contributed by atoms with Gasteiger partial charge in [0.1, 0.15) is 5.75 Å². The lowest BCUT2D eigenvalue weighted by molar-refractivity contribution is 0.304. The minimum atomic E-state index is 0.484. The van der Waals surface area contributed by atoms with Crippen LogP contribution in [-0.4, -0.2) is 16.8 Å². The zero-order valence-corrected chi connectivity index (χ0v) is 20.1. The molecule has 2 N–H and O–H groups in total. The third-order valence-corrected chi connectivity index (χ3v) is 5.95. The summed E-state index contributed by atoms with van der Waals surface area (Å²) in [4.78, 5) is 0. The molecular weight excluding hydrogens is 410 g/mol. The second-order valence-electron chi connectivity index (χ2n) is 8.80. The van der Waals surface area contributed by atoms with Crippen molar-refractivity contribution in [1.82, 2.24) is 10.2 Å². The lowest BCUT2D eigenvalue weighted by atomic mass is 10.1. The molecule has 3 rings (SSSR count). The molecule has 178 valence electrons. The van der Waals surface area contributed by atoms with Crippen LogP contribution in [0.15, 0.2) is 52.9 Å². The third-order valence-electron chi connectivity index (χ3n) is 5.95. The van der Waals surface area contributed by atoms with E-state index in [2.05, 4.69) is 17.1 Å². The van der Waals surface area contributed by atoms with Gasteiger partial charge < -0.3 is 14.9 Å². The van der Waals surface area contributed by atoms with E-state index in [4.69, 9.17) is 14.9 Å². The largest absolute Gasteiger partial charge is 0.494 e. The molecule has 5 heteroatoms. The molecule has 0 aliphatic carbocycles. The lowest BCUT2D eigenvalue weighted by Crippen LogP contribution is -1.97. The highest BCUT2D eigenvalue weighted by Crippen LogP contribution is 2.26. The Kier molecular flexibility index (Phi) is 10.8. The van der Waals surface area contributed by atoms with Crippen molar-refractivity contribution in [1.29, 1.82) is 0 Å². The molecule has 0 aliphatic rings. The van der Waals surface area contributed by atoms with Gasteiger partial charge in [-0.25, -0.2) is 0 Å². The maximum atomic E-state index is 5.90. The van der Waals surface area contributed by atoms with Crippen molar-refractivity contribution < 1.29 is 9.15 Å². The minimum absolute atomic E-state index is 0.484. The molecule has 0 atom stereocenters. The van der Waals surface area contributed by atoms with E-state index in [0.29, 0.717) is 17.5 Å². The Morgan fingerprint density at radius 1 is 0.636 bits per heavy atom. The summed E-state index contributed by atoms with van der Waals surface area (Å²) >= 11 is 0. The Hall–Kier alpha value is -2.82. The second-order valence-corrected chi connectivity index (χ2v) is 8.80. The van der Waals surface area contributed by atoms with E-state index >= 15 is 0 Å². The van der Waals surface area contributed by atoms with Crippen molar-refractivity contribution in [2.75, 3.05) is 12.3 Å². The lowest BCUT2D eigenvalue weighted by Gasteiger charge is -2.06. The SMILES string of the molecule is CCCCCCCCCCCCCCOc1ccc(-c2nnc(-c3ccc(N)cc3)o2)cc1. The van der Waals surface area contributed by atoms with Gasteiger partial charge in [0.25, 0.3) is 0 Å². The average Bonchev–Trinajstić information content (AvgIpc) is 3.33. The number of nitrogen functional groups attached to an aromatic ring is 1. The molecule has 0 saturated carbocycles. The van der Waals surface area contributed by atoms with Crippen molar-refractivity contribution in [3.8, 4) is 28.7 Å². The highest BCUT2D eigenvalue weighted by molar-refractivity contribution is 5.60. The van der Waals surface area contributed by atoms with E-state index in [1.54, 1.807) is 0 Å². The van der Waals surface area contributed by atoms with E-state index in [-0.39, 0.29) is 0 Å². The summed E-state index contributed by atoms with van der Waals surface area (Å²) in [6.07, 6.45) is 16.2. The van der Waals surface area contributed by atoms with Crippen LogP contribution >= 0.6 is 0 Å². The van der Waals surface area contributed by atoms with Crippen molar-refractivity contribution >= 4 is 5.69 Å². The van der Waals surface area contributed by atoms with Gasteiger partial charge in [0.2, 0.25) is 11.8 Å². The van der Waals surface area contributed by atoms with Crippen LogP contribution in [0, 0.1) is 0 Å². The van der Waals surface area contributed by atoms with Crippen LogP contribution in [0.3, 0.4) is 0 Å². The van der Waals surface area contributed by atoms with Crippen molar-refractivity contribution in [2.45, 2.75) is 84.0 Å². The second kappa shape index (κ2) is 14.4. The topological polar surface area (TPSA) is 74.2 Å². The quantitative estimate of drug-likeness (QED) is 0.177. The van der Waals surface area contributed by atoms with Crippen molar-refractivity contribution in [3.05, 3.63) is 48.5 Å². The normalized spacial score (nSPS) is 11.1. The predicted octanol–water partition coefficient (Wildman–Crippen LogP) is 8.07. The monoisotopic (exact) mass is 449 g/mol.